The summed E-state index contributed by atoms with van der Waals surface area (Å²) < 4.78 is 4.49. The molecule has 4 rings (SSSR count). The molecule has 1 aliphatic heterocycles. The molecule has 3 aromatic rings. The quantitative estimate of drug-likeness (QED) is 0.0596. The highest BCUT2D eigenvalue weighted by Gasteiger charge is 2.45. The molecule has 0 fully saturated rings. The Bertz CT molecular complexity index is 1400. The molecule has 2 amide bonds. The highest BCUT2D eigenvalue weighted by molar-refractivity contribution is 9.11. The molecule has 0 bridgehead atoms. The Labute approximate surface area is 328 Å². The van der Waals surface area contributed by atoms with Crippen LogP contribution in [-0.2, 0) is 6.54 Å². The van der Waals surface area contributed by atoms with Gasteiger partial charge >= 0.3 is 0 Å². The van der Waals surface area contributed by atoms with E-state index in [0.717, 1.165) is 60.9 Å². The zero-order valence-electron chi connectivity index (χ0n) is 31.3. The van der Waals surface area contributed by atoms with Gasteiger partial charge < -0.3 is 4.57 Å². The number of unbranched alkanes of at least 4 members (excludes halogenated alkanes) is 13. The van der Waals surface area contributed by atoms with Gasteiger partial charge in [-0.2, -0.15) is 0 Å². The fourth-order valence-electron chi connectivity index (χ4n) is 7.68. The molecule has 0 radical (unpaired) electrons. The number of carbonyl (C=O) groups is 2. The lowest BCUT2D eigenvalue weighted by molar-refractivity contribution is 0.0623. The minimum atomic E-state index is -0.106. The third-order valence-corrected chi connectivity index (χ3v) is 13.9. The number of amides is 2. The van der Waals surface area contributed by atoms with Gasteiger partial charge in [-0.25, -0.2) is 0 Å². The van der Waals surface area contributed by atoms with Crippen LogP contribution >= 0.6 is 54.5 Å². The molecular weight excluding hydrogens is 788 g/mol. The number of carbonyl (C=O) groups excluding carboxylic acids is 2. The topological polar surface area (TPSA) is 42.3 Å². The normalized spacial score (nSPS) is 14.2. The molecule has 1 aliphatic rings. The van der Waals surface area contributed by atoms with Gasteiger partial charge in [-0.3, -0.25) is 14.5 Å². The van der Waals surface area contributed by atoms with E-state index >= 15 is 0 Å². The molecule has 4 nitrogen and oxygen atoms in total. The van der Waals surface area contributed by atoms with Gasteiger partial charge in [0, 0.05) is 13.1 Å². The van der Waals surface area contributed by atoms with Gasteiger partial charge in [0.2, 0.25) is 0 Å². The summed E-state index contributed by atoms with van der Waals surface area (Å²) in [6.45, 7) is 10.3. The highest BCUT2D eigenvalue weighted by atomic mass is 79.9. The number of thiophene rings is 2. The molecule has 2 atom stereocenters. The van der Waals surface area contributed by atoms with Crippen LogP contribution in [-0.4, -0.2) is 27.8 Å². The molecule has 0 aromatic carbocycles. The van der Waals surface area contributed by atoms with Crippen molar-refractivity contribution >= 4 is 66.3 Å². The Balaban J connectivity index is 1.70. The number of aromatic nitrogens is 1. The fraction of sp³-hybridized carbons (Fsp3) is 0.667. The number of halogens is 2. The summed E-state index contributed by atoms with van der Waals surface area (Å²) in [6.07, 6.45) is 25.0. The third-order valence-electron chi connectivity index (χ3n) is 10.7. The zero-order chi connectivity index (χ0) is 35.9. The van der Waals surface area contributed by atoms with Gasteiger partial charge in [-0.05, 0) is 87.2 Å². The van der Waals surface area contributed by atoms with E-state index in [0.29, 0.717) is 29.5 Å². The third kappa shape index (κ3) is 11.4. The monoisotopic (exact) mass is 848 g/mol. The maximum absolute atomic E-state index is 14.5. The molecule has 50 heavy (non-hydrogen) atoms. The van der Waals surface area contributed by atoms with Crippen LogP contribution in [0.15, 0.2) is 31.8 Å². The predicted molar refractivity (Wildman–Crippen MR) is 224 cm³/mol. The summed E-state index contributed by atoms with van der Waals surface area (Å²) >= 11 is 10.8. The predicted octanol–water partition coefficient (Wildman–Crippen LogP) is 15.2. The molecule has 0 aliphatic carbocycles. The summed E-state index contributed by atoms with van der Waals surface area (Å²) in [5.41, 5.74) is 3.14. The smallest absolute Gasteiger partial charge is 0.263 e. The molecule has 3 aromatic heterocycles. The number of hydrogen-bond acceptors (Lipinski definition) is 4. The highest BCUT2D eigenvalue weighted by Crippen LogP contribution is 2.47. The average Bonchev–Trinajstić information content (AvgIpc) is 3.87. The van der Waals surface area contributed by atoms with Crippen LogP contribution in [0.5, 0.6) is 0 Å². The summed E-state index contributed by atoms with van der Waals surface area (Å²) in [6, 6.07) is 8.42. The van der Waals surface area contributed by atoms with Crippen molar-refractivity contribution in [2.24, 2.45) is 11.8 Å². The molecule has 0 N–H and O–H groups in total. The van der Waals surface area contributed by atoms with Crippen molar-refractivity contribution in [1.82, 2.24) is 9.47 Å². The van der Waals surface area contributed by atoms with E-state index in [1.54, 1.807) is 27.6 Å². The number of nitrogens with zero attached hydrogens (tertiary/aromatic N) is 2. The van der Waals surface area contributed by atoms with Gasteiger partial charge in [0.05, 0.1) is 39.8 Å². The van der Waals surface area contributed by atoms with Crippen LogP contribution in [0.4, 0.5) is 0 Å². The average molecular weight is 851 g/mol. The maximum Gasteiger partial charge on any atom is 0.263 e. The molecule has 0 spiro atoms. The van der Waals surface area contributed by atoms with Gasteiger partial charge in [0.25, 0.3) is 11.8 Å². The van der Waals surface area contributed by atoms with E-state index in [2.05, 4.69) is 88.4 Å². The van der Waals surface area contributed by atoms with E-state index in [1.165, 1.54) is 103 Å². The van der Waals surface area contributed by atoms with Crippen LogP contribution < -0.4 is 0 Å². The summed E-state index contributed by atoms with van der Waals surface area (Å²) in [4.78, 5) is 32.8. The summed E-state index contributed by atoms with van der Waals surface area (Å²) in [7, 11) is 0. The van der Waals surface area contributed by atoms with E-state index in [-0.39, 0.29) is 11.8 Å². The minimum absolute atomic E-state index is 0.106. The van der Waals surface area contributed by atoms with E-state index in [9.17, 15) is 9.59 Å². The lowest BCUT2D eigenvalue weighted by Gasteiger charge is -2.25. The number of fused-ring (bicyclic) bond motifs is 1. The minimum Gasteiger partial charge on any atom is -0.338 e. The van der Waals surface area contributed by atoms with E-state index in [4.69, 9.17) is 0 Å². The first-order valence-electron chi connectivity index (χ1n) is 20.0. The SMILES string of the molecule is CCCCCCCCCCC(CCCCCCCC)Cn1c(-c2ccc(Br)s2)c2c(c1-c1ccc(Br)s1)C(=O)N(CC(CC)CCCC)C2=O. The maximum atomic E-state index is 14.5. The van der Waals surface area contributed by atoms with Gasteiger partial charge in [-0.15, -0.1) is 22.7 Å². The summed E-state index contributed by atoms with van der Waals surface area (Å²) in [5.74, 6) is 0.611. The lowest BCUT2D eigenvalue weighted by atomic mass is 9.93. The van der Waals surface area contributed by atoms with Crippen molar-refractivity contribution in [2.45, 2.75) is 163 Å². The van der Waals surface area contributed by atoms with Crippen molar-refractivity contribution in [3.63, 3.8) is 0 Å². The summed E-state index contributed by atoms with van der Waals surface area (Å²) in [5, 5.41) is 0. The second kappa shape index (κ2) is 22.1. The first kappa shape index (κ1) is 41.5. The zero-order valence-corrected chi connectivity index (χ0v) is 36.1. The van der Waals surface area contributed by atoms with Gasteiger partial charge in [-0.1, -0.05) is 137 Å². The molecular formula is C42H62Br2N2O2S2. The molecule has 2 unspecified atom stereocenters. The Morgan fingerprint density at radius 3 is 1.36 bits per heavy atom. The molecule has 0 saturated heterocycles. The molecule has 278 valence electrons. The molecule has 0 saturated carbocycles. The van der Waals surface area contributed by atoms with Crippen LogP contribution in [0.1, 0.15) is 177 Å². The lowest BCUT2D eigenvalue weighted by Crippen LogP contribution is -2.35. The van der Waals surface area contributed by atoms with Crippen molar-refractivity contribution in [1.29, 1.82) is 0 Å². The number of hydrogen-bond donors (Lipinski definition) is 0. The Morgan fingerprint density at radius 2 is 0.960 bits per heavy atom. The van der Waals surface area contributed by atoms with Crippen molar-refractivity contribution in [3.8, 4) is 21.1 Å². The second-order valence-electron chi connectivity index (χ2n) is 14.6. The van der Waals surface area contributed by atoms with Crippen molar-refractivity contribution in [2.75, 3.05) is 6.54 Å². The van der Waals surface area contributed by atoms with Crippen LogP contribution in [0.3, 0.4) is 0 Å². The fourth-order valence-corrected chi connectivity index (χ4v) is 10.6. The first-order chi connectivity index (χ1) is 24.3. The van der Waals surface area contributed by atoms with Crippen LogP contribution in [0.2, 0.25) is 0 Å². The van der Waals surface area contributed by atoms with E-state index < -0.39 is 0 Å². The van der Waals surface area contributed by atoms with E-state index in [1.807, 2.05) is 0 Å². The van der Waals surface area contributed by atoms with Gasteiger partial charge in [0.1, 0.15) is 0 Å². The standard InChI is InChI=1S/C42H62Br2N2O2S2/c1-5-9-12-14-16-17-19-21-24-32(23-20-18-15-13-10-6-2)30-45-39(33-25-27-35(43)49-33)37-38(40(45)34-26-28-36(44)50-34)42(48)46(41(37)47)29-31(8-4)22-11-7-3/h25-28,31-32H,5-24,29-30H2,1-4H3. The van der Waals surface area contributed by atoms with Crippen LogP contribution in [0.25, 0.3) is 21.1 Å². The Morgan fingerprint density at radius 1 is 0.540 bits per heavy atom. The van der Waals surface area contributed by atoms with Crippen molar-refractivity contribution in [3.05, 3.63) is 43.0 Å². The van der Waals surface area contributed by atoms with Crippen molar-refractivity contribution < 1.29 is 9.59 Å². The first-order valence-corrected chi connectivity index (χ1v) is 23.2. The second-order valence-corrected chi connectivity index (χ2v) is 19.5. The van der Waals surface area contributed by atoms with Crippen LogP contribution in [0, 0.1) is 11.8 Å². The Hall–Kier alpha value is -1.22. The van der Waals surface area contributed by atoms with Gasteiger partial charge in [0.15, 0.2) is 0 Å². The molecule has 8 heteroatoms. The number of rotatable bonds is 26. The Kier molecular flexibility index (Phi) is 18.4. The number of imide groups is 1. The largest absolute Gasteiger partial charge is 0.338 e. The molecule has 4 heterocycles.